The van der Waals surface area contributed by atoms with E-state index in [0.717, 1.165) is 50.1 Å². The van der Waals surface area contributed by atoms with Crippen LogP contribution < -0.4 is 4.90 Å². The van der Waals surface area contributed by atoms with E-state index in [4.69, 9.17) is 4.42 Å². The summed E-state index contributed by atoms with van der Waals surface area (Å²) in [4.78, 5) is 22.3. The number of amides is 2. The highest BCUT2D eigenvalue weighted by Gasteiger charge is 2.33. The Hall–Kier alpha value is -2.35. The third kappa shape index (κ3) is 2.70. The average Bonchev–Trinajstić information content (AvgIpc) is 2.98. The van der Waals surface area contributed by atoms with Crippen molar-refractivity contribution in [1.29, 1.82) is 0 Å². The van der Waals surface area contributed by atoms with Crippen LogP contribution in [0.4, 0.5) is 10.5 Å². The predicted molar refractivity (Wildman–Crippen MR) is 90.4 cm³/mol. The molecule has 2 saturated heterocycles. The Kier molecular flexibility index (Phi) is 3.34. The van der Waals surface area contributed by atoms with Crippen LogP contribution in [0.25, 0.3) is 0 Å². The highest BCUT2D eigenvalue weighted by molar-refractivity contribution is 5.93. The first-order valence-electron chi connectivity index (χ1n) is 8.91. The Morgan fingerprint density at radius 3 is 2.80 bits per heavy atom. The summed E-state index contributed by atoms with van der Waals surface area (Å²) < 4.78 is 7.80. The second-order valence-corrected chi connectivity index (χ2v) is 7.31. The number of likely N-dealkylation sites (N-methyl/N-ethyl adjacent to an activating group) is 1. The zero-order chi connectivity index (χ0) is 17.0. The van der Waals surface area contributed by atoms with Crippen LogP contribution >= 0.6 is 0 Å². The van der Waals surface area contributed by atoms with Crippen molar-refractivity contribution in [3.63, 3.8) is 0 Å². The fourth-order valence-electron chi connectivity index (χ4n) is 3.54. The summed E-state index contributed by atoms with van der Waals surface area (Å²) in [5.74, 6) is 2.47. The molecule has 0 aromatic carbocycles. The van der Waals surface area contributed by atoms with Gasteiger partial charge in [-0.25, -0.2) is 9.78 Å². The van der Waals surface area contributed by atoms with Crippen molar-refractivity contribution < 1.29 is 9.21 Å². The maximum absolute atomic E-state index is 12.1. The van der Waals surface area contributed by atoms with Gasteiger partial charge < -0.3 is 9.32 Å². The van der Waals surface area contributed by atoms with E-state index >= 15 is 0 Å². The van der Waals surface area contributed by atoms with Crippen molar-refractivity contribution in [1.82, 2.24) is 24.6 Å². The number of likely N-dealkylation sites (tertiary alicyclic amines) is 1. The lowest BCUT2D eigenvalue weighted by molar-refractivity contribution is 0.0811. The van der Waals surface area contributed by atoms with Crippen LogP contribution in [0.3, 0.4) is 0 Å². The first-order valence-corrected chi connectivity index (χ1v) is 8.91. The highest BCUT2D eigenvalue weighted by atomic mass is 16.4. The minimum Gasteiger partial charge on any atom is -0.444 e. The molecule has 2 aromatic rings. The van der Waals surface area contributed by atoms with Crippen LogP contribution in [-0.2, 0) is 6.54 Å². The van der Waals surface area contributed by atoms with E-state index in [-0.39, 0.29) is 6.03 Å². The van der Waals surface area contributed by atoms with Crippen LogP contribution in [0.5, 0.6) is 0 Å². The number of anilines is 1. The third-order valence-electron chi connectivity index (χ3n) is 5.34. The Balaban J connectivity index is 1.17. The molecule has 8 nitrogen and oxygen atoms in total. The Labute approximate surface area is 146 Å². The van der Waals surface area contributed by atoms with Crippen molar-refractivity contribution in [3.8, 4) is 0 Å². The van der Waals surface area contributed by atoms with Crippen molar-refractivity contribution in [3.05, 3.63) is 30.2 Å². The van der Waals surface area contributed by atoms with Gasteiger partial charge in [0, 0.05) is 45.3 Å². The first-order chi connectivity index (χ1) is 12.2. The van der Waals surface area contributed by atoms with Crippen LogP contribution in [0.2, 0.25) is 0 Å². The minimum atomic E-state index is 0.0464. The molecule has 0 unspecified atom stereocenters. The largest absolute Gasteiger partial charge is 0.444 e. The Bertz CT molecular complexity index is 789. The lowest BCUT2D eigenvalue weighted by atomic mass is 10.1. The van der Waals surface area contributed by atoms with Crippen LogP contribution in [-0.4, -0.2) is 63.8 Å². The van der Waals surface area contributed by atoms with Gasteiger partial charge in [0.1, 0.15) is 5.76 Å². The van der Waals surface area contributed by atoms with E-state index < -0.39 is 0 Å². The molecule has 5 rings (SSSR count). The molecule has 4 heterocycles. The van der Waals surface area contributed by atoms with Gasteiger partial charge in [0.15, 0.2) is 0 Å². The molecule has 0 radical (unpaired) electrons. The summed E-state index contributed by atoms with van der Waals surface area (Å²) in [5, 5.41) is 4.46. The highest BCUT2D eigenvalue weighted by Crippen LogP contribution is 2.40. The quantitative estimate of drug-likeness (QED) is 0.827. The van der Waals surface area contributed by atoms with Crippen molar-refractivity contribution in [2.24, 2.45) is 0 Å². The van der Waals surface area contributed by atoms with Gasteiger partial charge in [-0.15, -0.1) is 0 Å². The fourth-order valence-corrected chi connectivity index (χ4v) is 3.54. The molecule has 0 spiro atoms. The number of rotatable bonds is 5. The molecule has 0 atom stereocenters. The van der Waals surface area contributed by atoms with Gasteiger partial charge in [-0.3, -0.25) is 14.5 Å². The van der Waals surface area contributed by atoms with Gasteiger partial charge in [-0.1, -0.05) is 0 Å². The maximum Gasteiger partial charge on any atom is 0.324 e. The standard InChI is InChI=1S/C17H22N6O2/c1-20-4-5-22(17(20)24)13-6-19-23(10-13)14-8-21(9-14)11-16-18-7-15(25-16)12-2-3-12/h6-7,10,12,14H,2-5,8-9,11H2,1H3. The van der Waals surface area contributed by atoms with Gasteiger partial charge in [0.25, 0.3) is 0 Å². The van der Waals surface area contributed by atoms with Gasteiger partial charge in [-0.05, 0) is 12.8 Å². The van der Waals surface area contributed by atoms with Gasteiger partial charge in [0.2, 0.25) is 5.89 Å². The Morgan fingerprint density at radius 2 is 2.08 bits per heavy atom. The predicted octanol–water partition coefficient (Wildman–Crippen LogP) is 1.68. The van der Waals surface area contributed by atoms with Crippen molar-refractivity contribution >= 4 is 11.7 Å². The molecule has 8 heteroatoms. The number of nitrogens with zero attached hydrogens (tertiary/aromatic N) is 6. The zero-order valence-electron chi connectivity index (χ0n) is 14.3. The molecule has 0 bridgehead atoms. The molecule has 3 fully saturated rings. The maximum atomic E-state index is 12.1. The summed E-state index contributed by atoms with van der Waals surface area (Å²) in [5.41, 5.74) is 0.884. The SMILES string of the molecule is CN1CCN(c2cnn(C3CN(Cc4ncc(C5CC5)o4)C3)c2)C1=O. The summed E-state index contributed by atoms with van der Waals surface area (Å²) in [7, 11) is 1.83. The molecule has 132 valence electrons. The number of hydrogen-bond acceptors (Lipinski definition) is 5. The number of hydrogen-bond donors (Lipinski definition) is 0. The van der Waals surface area contributed by atoms with E-state index in [9.17, 15) is 4.79 Å². The zero-order valence-corrected chi connectivity index (χ0v) is 14.3. The fraction of sp³-hybridized carbons (Fsp3) is 0.588. The lowest BCUT2D eigenvalue weighted by Gasteiger charge is -2.38. The van der Waals surface area contributed by atoms with Crippen LogP contribution in [0, 0.1) is 0 Å². The number of urea groups is 1. The third-order valence-corrected chi connectivity index (χ3v) is 5.34. The lowest BCUT2D eigenvalue weighted by Crippen LogP contribution is -2.47. The molecular formula is C17H22N6O2. The van der Waals surface area contributed by atoms with Gasteiger partial charge in [-0.2, -0.15) is 5.10 Å². The van der Waals surface area contributed by atoms with Crippen molar-refractivity contribution in [2.45, 2.75) is 31.3 Å². The number of carbonyl (C=O) groups is 1. The van der Waals surface area contributed by atoms with Crippen LogP contribution in [0.15, 0.2) is 23.0 Å². The molecule has 2 aliphatic heterocycles. The van der Waals surface area contributed by atoms with E-state index in [1.54, 1.807) is 16.0 Å². The average molecular weight is 342 g/mol. The summed E-state index contributed by atoms with van der Waals surface area (Å²) >= 11 is 0. The van der Waals surface area contributed by atoms with E-state index in [1.165, 1.54) is 12.8 Å². The van der Waals surface area contributed by atoms with E-state index in [0.29, 0.717) is 12.0 Å². The van der Waals surface area contributed by atoms with Crippen LogP contribution in [0.1, 0.15) is 36.5 Å². The van der Waals surface area contributed by atoms with Gasteiger partial charge in [0.05, 0.1) is 30.7 Å². The summed E-state index contributed by atoms with van der Waals surface area (Å²) in [6.45, 7) is 4.10. The molecule has 2 aromatic heterocycles. The second kappa shape index (κ2) is 5.59. The molecule has 1 aliphatic carbocycles. The van der Waals surface area contributed by atoms with Gasteiger partial charge >= 0.3 is 6.03 Å². The molecule has 25 heavy (non-hydrogen) atoms. The monoisotopic (exact) mass is 342 g/mol. The Morgan fingerprint density at radius 1 is 1.24 bits per heavy atom. The molecule has 0 N–H and O–H groups in total. The topological polar surface area (TPSA) is 70.6 Å². The molecular weight excluding hydrogens is 320 g/mol. The van der Waals surface area contributed by atoms with Crippen molar-refractivity contribution in [2.75, 3.05) is 38.1 Å². The van der Waals surface area contributed by atoms with E-state index in [2.05, 4.69) is 15.0 Å². The first kappa shape index (κ1) is 14.9. The van der Waals surface area contributed by atoms with E-state index in [1.807, 2.05) is 24.1 Å². The normalized spacial score (nSPS) is 22.0. The second-order valence-electron chi connectivity index (χ2n) is 7.31. The number of oxazole rings is 1. The summed E-state index contributed by atoms with van der Waals surface area (Å²) in [6.07, 6.45) is 8.12. The summed E-state index contributed by atoms with van der Waals surface area (Å²) in [6, 6.07) is 0.396. The molecule has 2 amide bonds. The molecule has 3 aliphatic rings. The minimum absolute atomic E-state index is 0.0464. The number of aromatic nitrogens is 3. The molecule has 1 saturated carbocycles. The smallest absolute Gasteiger partial charge is 0.324 e. The number of carbonyl (C=O) groups excluding carboxylic acids is 1.